The van der Waals surface area contributed by atoms with Gasteiger partial charge in [-0.25, -0.2) is 19.6 Å². The zero-order chi connectivity index (χ0) is 12.8. The molecule has 2 rings (SSSR count). The molecule has 0 bridgehead atoms. The summed E-state index contributed by atoms with van der Waals surface area (Å²) in [6.45, 7) is 0.950. The number of nitrogens with zero attached hydrogens (tertiary/aromatic N) is 2. The molecular weight excluding hydrogens is 228 g/mol. The van der Waals surface area contributed by atoms with Crippen molar-refractivity contribution in [3.63, 3.8) is 0 Å². The third kappa shape index (κ3) is 2.60. The monoisotopic (exact) mass is 248 g/mol. The minimum Gasteiger partial charge on any atom is -0.211 e. The third-order valence-electron chi connectivity index (χ3n) is 4.86. The average molecular weight is 248 g/mol. The van der Waals surface area contributed by atoms with Crippen molar-refractivity contribution in [1.82, 2.24) is 0 Å². The highest BCUT2D eigenvalue weighted by Gasteiger charge is 2.46. The number of isocyanates is 2. The van der Waals surface area contributed by atoms with Crippen LogP contribution in [-0.4, -0.2) is 25.2 Å². The average Bonchev–Trinajstić information content (AvgIpc) is 2.43. The highest BCUT2D eigenvalue weighted by molar-refractivity contribution is 5.34. The van der Waals surface area contributed by atoms with Crippen molar-refractivity contribution >= 4 is 12.2 Å². The highest BCUT2D eigenvalue weighted by Crippen LogP contribution is 2.51. The van der Waals surface area contributed by atoms with Crippen LogP contribution in [0.25, 0.3) is 0 Å². The summed E-state index contributed by atoms with van der Waals surface area (Å²) in [6, 6.07) is 0. The number of carbonyl (C=O) groups excluding carboxylic acids is 2. The quantitative estimate of drug-likeness (QED) is 0.567. The minimum atomic E-state index is -0.0852. The van der Waals surface area contributed by atoms with E-state index >= 15 is 0 Å². The molecule has 0 radical (unpaired) electrons. The lowest BCUT2D eigenvalue weighted by molar-refractivity contribution is 0.0255. The van der Waals surface area contributed by atoms with Crippen molar-refractivity contribution in [3.05, 3.63) is 0 Å². The Kier molecular flexibility index (Phi) is 4.46. The van der Waals surface area contributed by atoms with Crippen molar-refractivity contribution in [2.24, 2.45) is 27.2 Å². The zero-order valence-electron chi connectivity index (χ0n) is 10.7. The van der Waals surface area contributed by atoms with Gasteiger partial charge in [-0.05, 0) is 24.7 Å². The molecule has 0 aromatic rings. The van der Waals surface area contributed by atoms with Gasteiger partial charge in [-0.3, -0.25) is 0 Å². The van der Waals surface area contributed by atoms with Crippen molar-refractivity contribution in [1.29, 1.82) is 0 Å². The first kappa shape index (κ1) is 13.2. The van der Waals surface area contributed by atoms with Gasteiger partial charge in [-0.2, -0.15) is 0 Å². The van der Waals surface area contributed by atoms with Gasteiger partial charge in [-0.15, -0.1) is 0 Å². The fourth-order valence-electron chi connectivity index (χ4n) is 4.08. The normalized spacial score (nSPS) is 34.9. The Morgan fingerprint density at radius 3 is 2.22 bits per heavy atom. The van der Waals surface area contributed by atoms with Crippen LogP contribution in [0.3, 0.4) is 0 Å². The van der Waals surface area contributed by atoms with Gasteiger partial charge in [0.2, 0.25) is 12.2 Å². The van der Waals surface area contributed by atoms with Crippen LogP contribution in [0.4, 0.5) is 0 Å². The Balaban J connectivity index is 2.23. The molecule has 2 atom stereocenters. The van der Waals surface area contributed by atoms with Crippen molar-refractivity contribution in [2.45, 2.75) is 44.9 Å². The summed E-state index contributed by atoms with van der Waals surface area (Å²) in [5.41, 5.74) is -0.0852. The van der Waals surface area contributed by atoms with Crippen LogP contribution >= 0.6 is 0 Å². The fourth-order valence-corrected chi connectivity index (χ4v) is 4.08. The van der Waals surface area contributed by atoms with E-state index in [9.17, 15) is 9.59 Å². The predicted octanol–water partition coefficient (Wildman–Crippen LogP) is 2.63. The molecule has 0 aliphatic heterocycles. The lowest BCUT2D eigenvalue weighted by atomic mass is 9.57. The smallest absolute Gasteiger partial charge is 0.211 e. The van der Waals surface area contributed by atoms with E-state index < -0.39 is 0 Å². The van der Waals surface area contributed by atoms with Crippen molar-refractivity contribution < 1.29 is 9.59 Å². The van der Waals surface area contributed by atoms with Gasteiger partial charge in [0.25, 0.3) is 0 Å². The second-order valence-electron chi connectivity index (χ2n) is 5.72. The van der Waals surface area contributed by atoms with Gasteiger partial charge in [0, 0.05) is 5.41 Å². The van der Waals surface area contributed by atoms with Crippen LogP contribution in [0.5, 0.6) is 0 Å². The molecule has 0 saturated heterocycles. The molecule has 18 heavy (non-hydrogen) atoms. The van der Waals surface area contributed by atoms with E-state index in [1.807, 2.05) is 0 Å². The summed E-state index contributed by atoms with van der Waals surface area (Å²) < 4.78 is 0. The molecule has 2 aliphatic rings. The van der Waals surface area contributed by atoms with Crippen LogP contribution in [0.15, 0.2) is 9.98 Å². The summed E-state index contributed by atoms with van der Waals surface area (Å²) in [4.78, 5) is 28.5. The van der Waals surface area contributed by atoms with E-state index in [1.54, 1.807) is 12.2 Å². The third-order valence-corrected chi connectivity index (χ3v) is 4.86. The first-order chi connectivity index (χ1) is 8.82. The molecule has 4 heteroatoms. The Hall–Kier alpha value is -1.24. The Labute approximate surface area is 108 Å². The van der Waals surface area contributed by atoms with Crippen LogP contribution in [0, 0.1) is 17.3 Å². The second kappa shape index (κ2) is 6.08. The first-order valence-corrected chi connectivity index (χ1v) is 6.90. The van der Waals surface area contributed by atoms with Crippen LogP contribution < -0.4 is 0 Å². The Morgan fingerprint density at radius 1 is 0.944 bits per heavy atom. The molecule has 0 spiro atoms. The molecule has 0 N–H and O–H groups in total. The molecule has 2 fully saturated rings. The second-order valence-corrected chi connectivity index (χ2v) is 5.72. The maximum absolute atomic E-state index is 10.4. The van der Waals surface area contributed by atoms with E-state index in [-0.39, 0.29) is 5.41 Å². The lowest BCUT2D eigenvalue weighted by Gasteiger charge is -2.48. The maximum atomic E-state index is 10.4. The first-order valence-electron chi connectivity index (χ1n) is 6.90. The Bertz CT molecular complexity index is 359. The molecule has 4 nitrogen and oxygen atoms in total. The van der Waals surface area contributed by atoms with Gasteiger partial charge in [0.1, 0.15) is 0 Å². The summed E-state index contributed by atoms with van der Waals surface area (Å²) in [7, 11) is 0. The summed E-state index contributed by atoms with van der Waals surface area (Å²) >= 11 is 0. The SMILES string of the molecule is O=C=NCC1(CN=C=O)CCCC2CCCCC21. The standard InChI is InChI=1S/C14H20N2O2/c17-10-15-8-14(9-16-11-18)7-3-5-12-4-1-2-6-13(12)14/h12-13H,1-9H2. The zero-order valence-corrected chi connectivity index (χ0v) is 10.7. The largest absolute Gasteiger partial charge is 0.234 e. The number of hydrogen-bond acceptors (Lipinski definition) is 4. The molecule has 0 amide bonds. The van der Waals surface area contributed by atoms with Crippen LogP contribution in [-0.2, 0) is 9.59 Å². The molecule has 0 aromatic carbocycles. The van der Waals surface area contributed by atoms with E-state index in [0.29, 0.717) is 19.0 Å². The van der Waals surface area contributed by atoms with Gasteiger partial charge < -0.3 is 0 Å². The number of aliphatic imine (C=N–C) groups is 2. The molecule has 0 heterocycles. The van der Waals surface area contributed by atoms with E-state index in [4.69, 9.17) is 0 Å². The number of hydrogen-bond donors (Lipinski definition) is 0. The van der Waals surface area contributed by atoms with Crippen molar-refractivity contribution in [3.8, 4) is 0 Å². The Morgan fingerprint density at radius 2 is 1.56 bits per heavy atom. The maximum Gasteiger partial charge on any atom is 0.234 e. The van der Waals surface area contributed by atoms with Gasteiger partial charge in [0.15, 0.2) is 0 Å². The lowest BCUT2D eigenvalue weighted by Crippen LogP contribution is -2.45. The summed E-state index contributed by atoms with van der Waals surface area (Å²) in [6.07, 6.45) is 11.8. The predicted molar refractivity (Wildman–Crippen MR) is 67.7 cm³/mol. The minimum absolute atomic E-state index is 0.0852. The molecular formula is C14H20N2O2. The molecule has 2 aliphatic carbocycles. The number of rotatable bonds is 4. The fraction of sp³-hybridized carbons (Fsp3) is 0.857. The van der Waals surface area contributed by atoms with E-state index in [0.717, 1.165) is 18.8 Å². The molecule has 0 aromatic heterocycles. The van der Waals surface area contributed by atoms with Crippen LogP contribution in [0.2, 0.25) is 0 Å². The summed E-state index contributed by atoms with van der Waals surface area (Å²) in [5.74, 6) is 1.30. The number of fused-ring (bicyclic) bond motifs is 1. The summed E-state index contributed by atoms with van der Waals surface area (Å²) in [5, 5.41) is 0. The molecule has 2 unspecified atom stereocenters. The van der Waals surface area contributed by atoms with Crippen LogP contribution in [0.1, 0.15) is 44.9 Å². The van der Waals surface area contributed by atoms with Crippen molar-refractivity contribution in [2.75, 3.05) is 13.1 Å². The van der Waals surface area contributed by atoms with E-state index in [2.05, 4.69) is 9.98 Å². The van der Waals surface area contributed by atoms with Gasteiger partial charge >= 0.3 is 0 Å². The van der Waals surface area contributed by atoms with E-state index in [1.165, 1.54) is 32.1 Å². The highest BCUT2D eigenvalue weighted by atomic mass is 16.1. The van der Waals surface area contributed by atoms with Gasteiger partial charge in [-0.1, -0.05) is 32.1 Å². The molecule has 98 valence electrons. The van der Waals surface area contributed by atoms with Gasteiger partial charge in [0.05, 0.1) is 13.1 Å². The topological polar surface area (TPSA) is 58.9 Å². The molecule has 2 saturated carbocycles.